The van der Waals surface area contributed by atoms with Gasteiger partial charge in [-0.3, -0.25) is 0 Å². The van der Waals surface area contributed by atoms with Crippen molar-refractivity contribution in [2.24, 2.45) is 0 Å². The number of hydrogen-bond donors (Lipinski definition) is 0. The van der Waals surface area contributed by atoms with Crippen molar-refractivity contribution >= 4 is 6.16 Å². The third-order valence-electron chi connectivity index (χ3n) is 2.51. The minimum Gasteiger partial charge on any atom is -0.493 e. The molecule has 0 amide bonds. The Kier molecular flexibility index (Phi) is 4.44. The van der Waals surface area contributed by atoms with Gasteiger partial charge in [-0.15, -0.1) is 0 Å². The molecule has 0 N–H and O–H groups in total. The van der Waals surface area contributed by atoms with E-state index in [0.29, 0.717) is 17.2 Å². The van der Waals surface area contributed by atoms with E-state index in [0.717, 1.165) is 0 Å². The summed E-state index contributed by atoms with van der Waals surface area (Å²) in [6, 6.07) is 13.7. The van der Waals surface area contributed by atoms with E-state index in [-0.39, 0.29) is 5.75 Å². The topological polar surface area (TPSA) is 54.0 Å². The van der Waals surface area contributed by atoms with Crippen LogP contribution in [0.1, 0.15) is 0 Å². The number of hydrogen-bond acceptors (Lipinski definition) is 5. The molecule has 0 fully saturated rings. The molecule has 0 aliphatic rings. The van der Waals surface area contributed by atoms with Crippen LogP contribution in [-0.4, -0.2) is 20.4 Å². The lowest BCUT2D eigenvalue weighted by Crippen LogP contribution is -2.14. The molecular weight excluding hydrogens is 260 g/mol. The predicted molar refractivity (Wildman–Crippen MR) is 72.6 cm³/mol. The highest BCUT2D eigenvalue weighted by atomic mass is 16.7. The van der Waals surface area contributed by atoms with Gasteiger partial charge in [0, 0.05) is 0 Å². The second kappa shape index (κ2) is 6.47. The molecule has 0 aliphatic carbocycles. The highest BCUT2D eigenvalue weighted by molar-refractivity contribution is 5.70. The Bertz CT molecular complexity index is 558. The van der Waals surface area contributed by atoms with Crippen LogP contribution in [0.2, 0.25) is 0 Å². The van der Waals surface area contributed by atoms with Crippen LogP contribution in [0.5, 0.6) is 23.0 Å². The first-order valence-electron chi connectivity index (χ1n) is 5.90. The second-order valence-electron chi connectivity index (χ2n) is 3.76. The van der Waals surface area contributed by atoms with E-state index in [2.05, 4.69) is 0 Å². The molecule has 2 aromatic carbocycles. The number of para-hydroxylation sites is 2. The van der Waals surface area contributed by atoms with Gasteiger partial charge in [-0.05, 0) is 24.3 Å². The summed E-state index contributed by atoms with van der Waals surface area (Å²) in [7, 11) is 2.95. The van der Waals surface area contributed by atoms with Gasteiger partial charge < -0.3 is 18.9 Å². The lowest BCUT2D eigenvalue weighted by molar-refractivity contribution is 0.148. The largest absolute Gasteiger partial charge is 0.519 e. The molecule has 0 aliphatic heterocycles. The summed E-state index contributed by atoms with van der Waals surface area (Å²) >= 11 is 0. The van der Waals surface area contributed by atoms with Gasteiger partial charge in [0.05, 0.1) is 14.2 Å². The molecule has 20 heavy (non-hydrogen) atoms. The Morgan fingerprint density at radius 3 is 1.95 bits per heavy atom. The molecule has 2 aromatic rings. The molecule has 0 unspecified atom stereocenters. The van der Waals surface area contributed by atoms with Crippen molar-refractivity contribution in [3.8, 4) is 23.0 Å². The smallest absolute Gasteiger partial charge is 0.493 e. The monoisotopic (exact) mass is 274 g/mol. The summed E-state index contributed by atoms with van der Waals surface area (Å²) in [6.07, 6.45) is -0.862. The quantitative estimate of drug-likeness (QED) is 0.632. The van der Waals surface area contributed by atoms with Gasteiger partial charge in [-0.25, -0.2) is 4.79 Å². The van der Waals surface area contributed by atoms with Gasteiger partial charge >= 0.3 is 6.16 Å². The normalized spacial score (nSPS) is 9.70. The van der Waals surface area contributed by atoms with Gasteiger partial charge in [0.15, 0.2) is 11.5 Å². The molecule has 0 radical (unpaired) electrons. The van der Waals surface area contributed by atoms with Crippen molar-refractivity contribution in [1.29, 1.82) is 0 Å². The van der Waals surface area contributed by atoms with E-state index < -0.39 is 6.16 Å². The third kappa shape index (κ3) is 3.20. The molecule has 5 nitrogen and oxygen atoms in total. The molecule has 2 rings (SSSR count). The molecule has 0 atom stereocenters. The molecule has 0 bridgehead atoms. The number of benzene rings is 2. The zero-order valence-electron chi connectivity index (χ0n) is 11.2. The van der Waals surface area contributed by atoms with Crippen molar-refractivity contribution in [2.45, 2.75) is 0 Å². The summed E-state index contributed by atoms with van der Waals surface area (Å²) in [5.74, 6) is 1.34. The first-order chi connectivity index (χ1) is 9.74. The molecule has 0 saturated carbocycles. The van der Waals surface area contributed by atoms with Crippen LogP contribution in [0, 0.1) is 0 Å². The zero-order chi connectivity index (χ0) is 14.4. The van der Waals surface area contributed by atoms with E-state index in [1.165, 1.54) is 14.2 Å². The first kappa shape index (κ1) is 13.7. The first-order valence-corrected chi connectivity index (χ1v) is 5.90. The summed E-state index contributed by atoms with van der Waals surface area (Å²) in [6.45, 7) is 0. The average Bonchev–Trinajstić information content (AvgIpc) is 2.48. The lowest BCUT2D eigenvalue weighted by atomic mass is 10.3. The van der Waals surface area contributed by atoms with E-state index in [9.17, 15) is 4.79 Å². The standard InChI is InChI=1S/C15H14O5/c1-17-12-9-6-10-13(18-2)14(12)20-15(16)19-11-7-4-3-5-8-11/h3-10H,1-2H3. The van der Waals surface area contributed by atoms with E-state index >= 15 is 0 Å². The predicted octanol–water partition coefficient (Wildman–Crippen LogP) is 3.28. The highest BCUT2D eigenvalue weighted by Crippen LogP contribution is 2.37. The summed E-state index contributed by atoms with van der Waals surface area (Å²) in [5, 5.41) is 0. The molecule has 0 aromatic heterocycles. The number of rotatable bonds is 4. The lowest BCUT2D eigenvalue weighted by Gasteiger charge is -2.12. The Morgan fingerprint density at radius 2 is 1.40 bits per heavy atom. The Morgan fingerprint density at radius 1 is 0.800 bits per heavy atom. The Balaban J connectivity index is 2.15. The van der Waals surface area contributed by atoms with Crippen molar-refractivity contribution in [3.05, 3.63) is 48.5 Å². The molecular formula is C15H14O5. The molecule has 0 heterocycles. The molecule has 104 valence electrons. The maximum Gasteiger partial charge on any atom is 0.519 e. The summed E-state index contributed by atoms with van der Waals surface area (Å²) in [5.41, 5.74) is 0. The van der Waals surface area contributed by atoms with E-state index in [1.54, 1.807) is 42.5 Å². The number of carbonyl (C=O) groups is 1. The van der Waals surface area contributed by atoms with Crippen LogP contribution in [0.4, 0.5) is 4.79 Å². The Hall–Kier alpha value is -2.69. The van der Waals surface area contributed by atoms with Crippen LogP contribution in [0.25, 0.3) is 0 Å². The van der Waals surface area contributed by atoms with Crippen LogP contribution in [0.15, 0.2) is 48.5 Å². The van der Waals surface area contributed by atoms with Crippen molar-refractivity contribution in [1.82, 2.24) is 0 Å². The molecule has 0 spiro atoms. The second-order valence-corrected chi connectivity index (χ2v) is 3.76. The van der Waals surface area contributed by atoms with Crippen molar-refractivity contribution < 1.29 is 23.7 Å². The zero-order valence-corrected chi connectivity index (χ0v) is 11.2. The molecule has 0 saturated heterocycles. The number of ether oxygens (including phenoxy) is 4. The van der Waals surface area contributed by atoms with Crippen molar-refractivity contribution in [3.63, 3.8) is 0 Å². The van der Waals surface area contributed by atoms with Gasteiger partial charge in [0.2, 0.25) is 5.75 Å². The maximum atomic E-state index is 11.8. The fraction of sp³-hybridized carbons (Fsp3) is 0.133. The Labute approximate surface area is 116 Å². The number of methoxy groups -OCH3 is 2. The van der Waals surface area contributed by atoms with E-state index in [1.807, 2.05) is 6.07 Å². The maximum absolute atomic E-state index is 11.8. The minimum atomic E-state index is -0.862. The number of carbonyl (C=O) groups excluding carboxylic acids is 1. The summed E-state index contributed by atoms with van der Waals surface area (Å²) in [4.78, 5) is 11.8. The minimum absolute atomic E-state index is 0.179. The van der Waals surface area contributed by atoms with Gasteiger partial charge in [-0.2, -0.15) is 0 Å². The van der Waals surface area contributed by atoms with Crippen LogP contribution < -0.4 is 18.9 Å². The van der Waals surface area contributed by atoms with Crippen LogP contribution >= 0.6 is 0 Å². The van der Waals surface area contributed by atoms with Gasteiger partial charge in [-0.1, -0.05) is 24.3 Å². The summed E-state index contributed by atoms with van der Waals surface area (Å²) < 4.78 is 20.4. The van der Waals surface area contributed by atoms with Gasteiger partial charge in [0.1, 0.15) is 5.75 Å². The van der Waals surface area contributed by atoms with Gasteiger partial charge in [0.25, 0.3) is 0 Å². The van der Waals surface area contributed by atoms with Crippen LogP contribution in [-0.2, 0) is 0 Å². The van der Waals surface area contributed by atoms with Crippen molar-refractivity contribution in [2.75, 3.05) is 14.2 Å². The van der Waals surface area contributed by atoms with Crippen LogP contribution in [0.3, 0.4) is 0 Å². The molecule has 5 heteroatoms. The fourth-order valence-electron chi connectivity index (χ4n) is 1.61. The third-order valence-corrected chi connectivity index (χ3v) is 2.51. The SMILES string of the molecule is COc1cccc(OC)c1OC(=O)Oc1ccccc1. The average molecular weight is 274 g/mol. The van der Waals surface area contributed by atoms with E-state index in [4.69, 9.17) is 18.9 Å². The fourth-order valence-corrected chi connectivity index (χ4v) is 1.61. The highest BCUT2D eigenvalue weighted by Gasteiger charge is 2.17.